The molecule has 1 aromatic carbocycles. The van der Waals surface area contributed by atoms with Crippen LogP contribution < -0.4 is 5.73 Å². The molecular formula is C13H10F3N3S. The molecular weight excluding hydrogens is 287 g/mol. The molecule has 2 aromatic heterocycles. The molecule has 0 aliphatic carbocycles. The molecule has 2 N–H and O–H groups in total. The Balaban J connectivity index is 2.10. The fourth-order valence-corrected chi connectivity index (χ4v) is 3.13. The van der Waals surface area contributed by atoms with E-state index in [-0.39, 0.29) is 12.2 Å². The highest BCUT2D eigenvalue weighted by atomic mass is 32.1. The number of para-hydroxylation sites is 1. The quantitative estimate of drug-likeness (QED) is 0.780. The molecule has 20 heavy (non-hydrogen) atoms. The number of halogens is 3. The summed E-state index contributed by atoms with van der Waals surface area (Å²) >= 11 is 1.25. The van der Waals surface area contributed by atoms with Gasteiger partial charge in [0.05, 0.1) is 15.2 Å². The number of aromatic nitrogens is 2. The Morgan fingerprint density at radius 2 is 1.90 bits per heavy atom. The molecule has 7 heteroatoms. The second-order valence-electron chi connectivity index (χ2n) is 4.41. The molecule has 0 aliphatic heterocycles. The highest BCUT2D eigenvalue weighted by Gasteiger charge is 2.27. The van der Waals surface area contributed by atoms with Crippen molar-refractivity contribution in [2.24, 2.45) is 0 Å². The first-order chi connectivity index (χ1) is 9.44. The number of rotatable bonds is 2. The van der Waals surface area contributed by atoms with Gasteiger partial charge in [-0.1, -0.05) is 18.2 Å². The molecule has 0 amide bonds. The second kappa shape index (κ2) is 4.59. The predicted octanol–water partition coefficient (Wildman–Crippen LogP) is 3.92. The highest BCUT2D eigenvalue weighted by molar-refractivity contribution is 7.19. The van der Waals surface area contributed by atoms with Crippen LogP contribution in [0.5, 0.6) is 0 Å². The van der Waals surface area contributed by atoms with Crippen LogP contribution in [0.1, 0.15) is 11.4 Å². The summed E-state index contributed by atoms with van der Waals surface area (Å²) in [7, 11) is 0. The molecule has 0 bridgehead atoms. The molecule has 0 radical (unpaired) electrons. The Morgan fingerprint density at radius 3 is 2.65 bits per heavy atom. The highest BCUT2D eigenvalue weighted by Crippen LogP contribution is 2.33. The van der Waals surface area contributed by atoms with E-state index in [4.69, 9.17) is 5.73 Å². The van der Waals surface area contributed by atoms with Crippen LogP contribution in [0.2, 0.25) is 0 Å². The van der Waals surface area contributed by atoms with Gasteiger partial charge < -0.3 is 5.73 Å². The first-order valence-electron chi connectivity index (χ1n) is 5.94. The topological polar surface area (TPSA) is 51.8 Å². The van der Waals surface area contributed by atoms with Crippen molar-refractivity contribution in [3.8, 4) is 0 Å². The molecule has 0 saturated heterocycles. The standard InChI is InChI=1S/C13H10F3N3S/c14-13(15,16)6-5-9-19-10-11(20-9)7-3-1-2-4-8(7)18-12(10)17/h1-4H,5-6H2,(H2,17,18). The number of aryl methyl sites for hydroxylation is 1. The van der Waals surface area contributed by atoms with Crippen molar-refractivity contribution in [1.82, 2.24) is 9.97 Å². The second-order valence-corrected chi connectivity index (χ2v) is 5.50. The summed E-state index contributed by atoms with van der Waals surface area (Å²) in [4.78, 5) is 8.42. The molecule has 2 heterocycles. The smallest absolute Gasteiger partial charge is 0.382 e. The van der Waals surface area contributed by atoms with Gasteiger partial charge in [-0.25, -0.2) is 9.97 Å². The fraction of sp³-hybridized carbons (Fsp3) is 0.231. The van der Waals surface area contributed by atoms with E-state index in [0.29, 0.717) is 10.5 Å². The van der Waals surface area contributed by atoms with Crippen LogP contribution in [0, 0.1) is 0 Å². The summed E-state index contributed by atoms with van der Waals surface area (Å²) in [5.41, 5.74) is 7.05. The number of benzene rings is 1. The fourth-order valence-electron chi connectivity index (χ4n) is 2.02. The number of nitrogens with zero attached hydrogens (tertiary/aromatic N) is 2. The Hall–Kier alpha value is -1.89. The van der Waals surface area contributed by atoms with Crippen LogP contribution >= 0.6 is 11.3 Å². The normalized spacial score (nSPS) is 12.3. The Kier molecular flexibility index (Phi) is 3.01. The Bertz CT molecular complexity index is 779. The largest absolute Gasteiger partial charge is 0.389 e. The monoisotopic (exact) mass is 297 g/mol. The van der Waals surface area contributed by atoms with Gasteiger partial charge in [0.2, 0.25) is 0 Å². The van der Waals surface area contributed by atoms with Gasteiger partial charge in [-0.3, -0.25) is 0 Å². The molecule has 3 nitrogen and oxygen atoms in total. The summed E-state index contributed by atoms with van der Waals surface area (Å²) < 4.78 is 37.6. The van der Waals surface area contributed by atoms with Crippen molar-refractivity contribution in [2.45, 2.75) is 19.0 Å². The van der Waals surface area contributed by atoms with E-state index in [1.807, 2.05) is 24.3 Å². The van der Waals surface area contributed by atoms with E-state index in [1.54, 1.807) is 0 Å². The number of hydrogen-bond acceptors (Lipinski definition) is 4. The maximum Gasteiger partial charge on any atom is 0.389 e. The number of anilines is 1. The lowest BCUT2D eigenvalue weighted by molar-refractivity contribution is -0.133. The lowest BCUT2D eigenvalue weighted by Crippen LogP contribution is -2.08. The minimum absolute atomic E-state index is 0.128. The van der Waals surface area contributed by atoms with Crippen molar-refractivity contribution in [1.29, 1.82) is 0 Å². The number of hydrogen-bond donors (Lipinski definition) is 1. The van der Waals surface area contributed by atoms with Crippen molar-refractivity contribution in [3.63, 3.8) is 0 Å². The molecule has 3 aromatic rings. The number of nitrogens with two attached hydrogens (primary N) is 1. The van der Waals surface area contributed by atoms with E-state index < -0.39 is 12.6 Å². The van der Waals surface area contributed by atoms with Crippen molar-refractivity contribution < 1.29 is 13.2 Å². The predicted molar refractivity (Wildman–Crippen MR) is 73.7 cm³/mol. The molecule has 0 atom stereocenters. The SMILES string of the molecule is Nc1nc2ccccc2c2sc(CCC(F)(F)F)nc12. The number of fused-ring (bicyclic) bond motifs is 3. The number of thiazole rings is 1. The average molecular weight is 297 g/mol. The van der Waals surface area contributed by atoms with Gasteiger partial charge in [-0.15, -0.1) is 11.3 Å². The molecule has 104 valence electrons. The zero-order valence-electron chi connectivity index (χ0n) is 10.2. The third-order valence-corrected chi connectivity index (χ3v) is 4.07. The zero-order chi connectivity index (χ0) is 14.3. The van der Waals surface area contributed by atoms with Crippen molar-refractivity contribution in [3.05, 3.63) is 29.3 Å². The van der Waals surface area contributed by atoms with Crippen LogP contribution in [0.25, 0.3) is 21.1 Å². The average Bonchev–Trinajstić information content (AvgIpc) is 2.81. The Labute approximate surface area is 116 Å². The maximum atomic E-state index is 12.3. The summed E-state index contributed by atoms with van der Waals surface area (Å²) in [6.45, 7) is 0. The van der Waals surface area contributed by atoms with Crippen molar-refractivity contribution >= 4 is 38.3 Å². The summed E-state index contributed by atoms with van der Waals surface area (Å²) in [5.74, 6) is 0.258. The number of alkyl halides is 3. The van der Waals surface area contributed by atoms with Crippen LogP contribution in [0.15, 0.2) is 24.3 Å². The minimum atomic E-state index is -4.18. The van der Waals surface area contributed by atoms with Gasteiger partial charge in [0.15, 0.2) is 5.82 Å². The van der Waals surface area contributed by atoms with Gasteiger partial charge in [0.25, 0.3) is 0 Å². The van der Waals surface area contributed by atoms with Gasteiger partial charge >= 0.3 is 6.18 Å². The van der Waals surface area contributed by atoms with Gasteiger partial charge in [0.1, 0.15) is 5.52 Å². The molecule has 0 aliphatic rings. The zero-order valence-corrected chi connectivity index (χ0v) is 11.1. The minimum Gasteiger partial charge on any atom is -0.382 e. The van der Waals surface area contributed by atoms with E-state index >= 15 is 0 Å². The van der Waals surface area contributed by atoms with Gasteiger partial charge in [-0.2, -0.15) is 13.2 Å². The summed E-state index contributed by atoms with van der Waals surface area (Å²) in [6.07, 6.45) is -5.18. The van der Waals surface area contributed by atoms with Crippen molar-refractivity contribution in [2.75, 3.05) is 5.73 Å². The van der Waals surface area contributed by atoms with Crippen LogP contribution in [-0.2, 0) is 6.42 Å². The summed E-state index contributed by atoms with van der Waals surface area (Å²) in [6, 6.07) is 7.39. The number of nitrogen functional groups attached to an aromatic ring is 1. The van der Waals surface area contributed by atoms with E-state index in [2.05, 4.69) is 9.97 Å². The van der Waals surface area contributed by atoms with E-state index in [9.17, 15) is 13.2 Å². The molecule has 0 fully saturated rings. The third-order valence-electron chi connectivity index (χ3n) is 2.93. The molecule has 0 spiro atoms. The Morgan fingerprint density at radius 1 is 1.15 bits per heavy atom. The first kappa shape index (κ1) is 13.1. The van der Waals surface area contributed by atoms with Crippen LogP contribution in [0.4, 0.5) is 19.0 Å². The summed E-state index contributed by atoms with van der Waals surface area (Å²) in [5, 5.41) is 1.30. The lowest BCUT2D eigenvalue weighted by atomic mass is 10.2. The number of pyridine rings is 1. The first-order valence-corrected chi connectivity index (χ1v) is 6.76. The van der Waals surface area contributed by atoms with Gasteiger partial charge in [0, 0.05) is 18.2 Å². The third kappa shape index (κ3) is 2.40. The molecule has 3 rings (SSSR count). The van der Waals surface area contributed by atoms with Gasteiger partial charge in [-0.05, 0) is 6.07 Å². The maximum absolute atomic E-state index is 12.3. The lowest BCUT2D eigenvalue weighted by Gasteiger charge is -2.02. The van der Waals surface area contributed by atoms with Crippen LogP contribution in [-0.4, -0.2) is 16.1 Å². The molecule has 0 unspecified atom stereocenters. The van der Waals surface area contributed by atoms with Crippen LogP contribution in [0.3, 0.4) is 0 Å². The van der Waals surface area contributed by atoms with E-state index in [0.717, 1.165) is 15.6 Å². The van der Waals surface area contributed by atoms with E-state index in [1.165, 1.54) is 11.3 Å². The molecule has 0 saturated carbocycles.